The topological polar surface area (TPSA) is 29.1 Å². The van der Waals surface area contributed by atoms with Crippen molar-refractivity contribution >= 4 is 11.6 Å². The Balaban J connectivity index is 2.19. The molecule has 0 saturated carbocycles. The molecule has 0 aliphatic rings. The van der Waals surface area contributed by atoms with Crippen molar-refractivity contribution in [1.29, 1.82) is 0 Å². The summed E-state index contributed by atoms with van der Waals surface area (Å²) < 4.78 is 13.3. The molecular weight excluding hydrogens is 205 g/mol. The van der Waals surface area contributed by atoms with Crippen LogP contribution in [0.3, 0.4) is 0 Å². The molecule has 1 amide bonds. The van der Waals surface area contributed by atoms with E-state index in [-0.39, 0.29) is 5.56 Å². The second kappa shape index (κ2) is 4.57. The molecule has 2 rings (SSSR count). The van der Waals surface area contributed by atoms with Gasteiger partial charge in [0.25, 0.3) is 5.91 Å². The predicted octanol–water partition coefficient (Wildman–Crippen LogP) is 2.88. The largest absolute Gasteiger partial charge is 0.322 e. The van der Waals surface area contributed by atoms with Crippen LogP contribution < -0.4 is 5.32 Å². The molecule has 2 aromatic carbocycles. The second-order valence-corrected chi connectivity index (χ2v) is 3.23. The summed E-state index contributed by atoms with van der Waals surface area (Å²) in [5, 5.41) is 2.59. The van der Waals surface area contributed by atoms with Gasteiger partial charge in [0, 0.05) is 5.69 Å². The molecule has 2 nitrogen and oxygen atoms in total. The quantitative estimate of drug-likeness (QED) is 0.818. The summed E-state index contributed by atoms with van der Waals surface area (Å²) in [6.45, 7) is 0. The SMILES string of the molecule is O=C(Nc1c[c]ccc1)c1ccccc1F. The van der Waals surface area contributed by atoms with Crippen LogP contribution in [0.5, 0.6) is 0 Å². The van der Waals surface area contributed by atoms with Gasteiger partial charge in [0.2, 0.25) is 0 Å². The molecule has 16 heavy (non-hydrogen) atoms. The minimum Gasteiger partial charge on any atom is -0.322 e. The maximum atomic E-state index is 13.3. The van der Waals surface area contributed by atoms with E-state index in [9.17, 15) is 9.18 Å². The lowest BCUT2D eigenvalue weighted by atomic mass is 10.2. The Kier molecular flexibility index (Phi) is 2.96. The fraction of sp³-hybridized carbons (Fsp3) is 0. The first-order valence-corrected chi connectivity index (χ1v) is 4.79. The van der Waals surface area contributed by atoms with E-state index in [0.29, 0.717) is 5.69 Å². The van der Waals surface area contributed by atoms with E-state index in [1.807, 2.05) is 0 Å². The highest BCUT2D eigenvalue weighted by Gasteiger charge is 2.10. The van der Waals surface area contributed by atoms with Crippen molar-refractivity contribution in [3.05, 3.63) is 66.0 Å². The number of halogens is 1. The van der Waals surface area contributed by atoms with E-state index in [1.165, 1.54) is 12.1 Å². The van der Waals surface area contributed by atoms with Crippen LogP contribution >= 0.6 is 0 Å². The lowest BCUT2D eigenvalue weighted by molar-refractivity contribution is 0.102. The standard InChI is InChI=1S/C13H9FNO/c14-12-9-5-4-8-11(12)13(16)15-10-6-2-1-3-7-10/h1-2,4-9H,(H,15,16). The Morgan fingerprint density at radius 1 is 1.19 bits per heavy atom. The van der Waals surface area contributed by atoms with Crippen molar-refractivity contribution in [3.8, 4) is 0 Å². The minimum absolute atomic E-state index is 0.0337. The van der Waals surface area contributed by atoms with Gasteiger partial charge >= 0.3 is 0 Å². The number of carbonyl (C=O) groups excluding carboxylic acids is 1. The Morgan fingerprint density at radius 3 is 2.69 bits per heavy atom. The van der Waals surface area contributed by atoms with Gasteiger partial charge in [-0.05, 0) is 30.3 Å². The van der Waals surface area contributed by atoms with Gasteiger partial charge in [0.05, 0.1) is 5.56 Å². The number of anilines is 1. The predicted molar refractivity (Wildman–Crippen MR) is 59.6 cm³/mol. The molecule has 0 spiro atoms. The number of hydrogen-bond donors (Lipinski definition) is 1. The molecule has 0 unspecified atom stereocenters. The lowest BCUT2D eigenvalue weighted by Gasteiger charge is -2.05. The maximum absolute atomic E-state index is 13.3. The number of amides is 1. The molecular formula is C13H9FNO. The van der Waals surface area contributed by atoms with Gasteiger partial charge < -0.3 is 5.32 Å². The summed E-state index contributed by atoms with van der Waals surface area (Å²) in [7, 11) is 0. The zero-order valence-corrected chi connectivity index (χ0v) is 8.41. The Morgan fingerprint density at radius 2 is 2.00 bits per heavy atom. The molecule has 0 fully saturated rings. The van der Waals surface area contributed by atoms with Crippen LogP contribution in [-0.2, 0) is 0 Å². The molecule has 3 heteroatoms. The third kappa shape index (κ3) is 2.25. The molecule has 0 saturated heterocycles. The van der Waals surface area contributed by atoms with Crippen molar-refractivity contribution in [2.75, 3.05) is 5.32 Å². The van der Waals surface area contributed by atoms with Crippen LogP contribution in [0.4, 0.5) is 10.1 Å². The third-order valence-corrected chi connectivity index (χ3v) is 2.08. The maximum Gasteiger partial charge on any atom is 0.258 e. The number of hydrogen-bond acceptors (Lipinski definition) is 1. The van der Waals surface area contributed by atoms with Gasteiger partial charge in [0.15, 0.2) is 0 Å². The monoisotopic (exact) mass is 214 g/mol. The van der Waals surface area contributed by atoms with Crippen LogP contribution in [0.2, 0.25) is 0 Å². The average molecular weight is 214 g/mol. The van der Waals surface area contributed by atoms with E-state index in [4.69, 9.17) is 0 Å². The molecule has 2 aromatic rings. The Labute approximate surface area is 92.7 Å². The van der Waals surface area contributed by atoms with Gasteiger partial charge in [0.1, 0.15) is 5.82 Å². The summed E-state index contributed by atoms with van der Waals surface area (Å²) in [6, 6.07) is 15.5. The first-order chi connectivity index (χ1) is 7.77. The van der Waals surface area contributed by atoms with Crippen LogP contribution in [0, 0.1) is 11.9 Å². The fourth-order valence-electron chi connectivity index (χ4n) is 1.31. The van der Waals surface area contributed by atoms with Crippen LogP contribution in [-0.4, -0.2) is 5.91 Å². The normalized spacial score (nSPS) is 9.81. The number of nitrogens with one attached hydrogen (secondary N) is 1. The highest BCUT2D eigenvalue weighted by molar-refractivity contribution is 6.04. The van der Waals surface area contributed by atoms with E-state index < -0.39 is 11.7 Å². The highest BCUT2D eigenvalue weighted by atomic mass is 19.1. The molecule has 1 radical (unpaired) electrons. The fourth-order valence-corrected chi connectivity index (χ4v) is 1.31. The lowest BCUT2D eigenvalue weighted by Crippen LogP contribution is -2.13. The van der Waals surface area contributed by atoms with Crippen LogP contribution in [0.25, 0.3) is 0 Å². The molecule has 0 heterocycles. The summed E-state index contributed by atoms with van der Waals surface area (Å²) in [4.78, 5) is 11.7. The summed E-state index contributed by atoms with van der Waals surface area (Å²) in [5.74, 6) is -0.988. The van der Waals surface area contributed by atoms with Gasteiger partial charge in [-0.25, -0.2) is 4.39 Å². The third-order valence-electron chi connectivity index (χ3n) is 2.08. The Hall–Kier alpha value is -2.16. The van der Waals surface area contributed by atoms with E-state index in [2.05, 4.69) is 11.4 Å². The molecule has 79 valence electrons. The summed E-state index contributed by atoms with van der Waals surface area (Å²) >= 11 is 0. The number of rotatable bonds is 2. The number of benzene rings is 2. The van der Waals surface area contributed by atoms with Crippen molar-refractivity contribution in [2.45, 2.75) is 0 Å². The van der Waals surface area contributed by atoms with Crippen LogP contribution in [0.15, 0.2) is 48.5 Å². The molecule has 1 N–H and O–H groups in total. The molecule has 0 aliphatic heterocycles. The van der Waals surface area contributed by atoms with Gasteiger partial charge in [-0.1, -0.05) is 24.3 Å². The Bertz CT molecular complexity index is 496. The van der Waals surface area contributed by atoms with Gasteiger partial charge in [-0.3, -0.25) is 4.79 Å². The first-order valence-electron chi connectivity index (χ1n) is 4.79. The van der Waals surface area contributed by atoms with Gasteiger partial charge in [-0.15, -0.1) is 0 Å². The zero-order valence-electron chi connectivity index (χ0n) is 8.41. The van der Waals surface area contributed by atoms with Crippen molar-refractivity contribution < 1.29 is 9.18 Å². The molecule has 0 bridgehead atoms. The molecule has 0 atom stereocenters. The minimum atomic E-state index is -0.528. The molecule has 0 aliphatic carbocycles. The summed E-state index contributed by atoms with van der Waals surface area (Å²) in [5.41, 5.74) is 0.627. The van der Waals surface area contributed by atoms with Crippen molar-refractivity contribution in [3.63, 3.8) is 0 Å². The van der Waals surface area contributed by atoms with Crippen molar-refractivity contribution in [1.82, 2.24) is 0 Å². The van der Waals surface area contributed by atoms with E-state index >= 15 is 0 Å². The number of carbonyl (C=O) groups is 1. The van der Waals surface area contributed by atoms with Crippen LogP contribution in [0.1, 0.15) is 10.4 Å². The smallest absolute Gasteiger partial charge is 0.258 e. The average Bonchev–Trinajstić information content (AvgIpc) is 2.31. The van der Waals surface area contributed by atoms with Crippen molar-refractivity contribution in [2.24, 2.45) is 0 Å². The van der Waals surface area contributed by atoms with Gasteiger partial charge in [-0.2, -0.15) is 0 Å². The van der Waals surface area contributed by atoms with E-state index in [0.717, 1.165) is 0 Å². The highest BCUT2D eigenvalue weighted by Crippen LogP contribution is 2.10. The molecule has 0 aromatic heterocycles. The zero-order chi connectivity index (χ0) is 11.4. The van der Waals surface area contributed by atoms with E-state index in [1.54, 1.807) is 36.4 Å². The summed E-state index contributed by atoms with van der Waals surface area (Å²) in [6.07, 6.45) is 0. The second-order valence-electron chi connectivity index (χ2n) is 3.23. The first kappa shape index (κ1) is 10.4.